The molecule has 1 aliphatic heterocycles. The second-order valence-corrected chi connectivity index (χ2v) is 8.96. The van der Waals surface area contributed by atoms with Crippen molar-refractivity contribution in [2.45, 2.75) is 6.42 Å². The number of imide groups is 1. The average molecular weight is 404 g/mol. The number of rotatable bonds is 3. The molecule has 29 heavy (non-hydrogen) atoms. The highest BCUT2D eigenvalue weighted by molar-refractivity contribution is 6.32. The first-order chi connectivity index (χ1) is 14.1. The van der Waals surface area contributed by atoms with E-state index in [-0.39, 0.29) is 46.8 Å². The Morgan fingerprint density at radius 1 is 0.897 bits per heavy atom. The fourth-order valence-electron chi connectivity index (χ4n) is 5.82. The summed E-state index contributed by atoms with van der Waals surface area (Å²) in [5.74, 6) is 0.199. The van der Waals surface area contributed by atoms with E-state index < -0.39 is 0 Å². The molecule has 7 rings (SSSR count). The van der Waals surface area contributed by atoms with Crippen molar-refractivity contribution in [1.82, 2.24) is 0 Å². The fraction of sp³-hybridized carbons (Fsp3) is 0.292. The standard InChI is InChI=1S/C24H18ClNO3/c25-13-6-9-19(18(10-13)22(27)12-4-2-1-3-5-12)26-23(28)20-14-7-8-15(17-11-16(14)17)21(20)24(26)29/h1-10,14-17,20-21H,11H2/t14-,15+,16-,17-,20+,21-/m1/s1. The number of ketones is 1. The van der Waals surface area contributed by atoms with E-state index in [9.17, 15) is 14.4 Å². The Morgan fingerprint density at radius 3 is 2.14 bits per heavy atom. The van der Waals surface area contributed by atoms with Crippen molar-refractivity contribution in [1.29, 1.82) is 0 Å². The lowest BCUT2D eigenvalue weighted by Crippen LogP contribution is -2.40. The molecular weight excluding hydrogens is 386 g/mol. The highest BCUT2D eigenvalue weighted by atomic mass is 35.5. The van der Waals surface area contributed by atoms with Crippen molar-refractivity contribution in [2.24, 2.45) is 35.5 Å². The summed E-state index contributed by atoms with van der Waals surface area (Å²) in [4.78, 5) is 41.3. The number of halogens is 1. The molecule has 2 saturated carbocycles. The number of carbonyl (C=O) groups excluding carboxylic acids is 3. The zero-order chi connectivity index (χ0) is 19.9. The predicted octanol–water partition coefficient (Wildman–Crippen LogP) is 4.13. The van der Waals surface area contributed by atoms with Gasteiger partial charge in [0.2, 0.25) is 11.8 Å². The Kier molecular flexibility index (Phi) is 3.49. The maximum absolute atomic E-state index is 13.4. The Morgan fingerprint density at radius 2 is 1.52 bits per heavy atom. The van der Waals surface area contributed by atoms with E-state index in [1.807, 2.05) is 6.07 Å². The molecule has 2 amide bonds. The summed E-state index contributed by atoms with van der Waals surface area (Å²) in [6, 6.07) is 13.7. The van der Waals surface area contributed by atoms with E-state index in [4.69, 9.17) is 11.6 Å². The number of amides is 2. The second-order valence-electron chi connectivity index (χ2n) is 8.52. The normalized spacial score (nSPS) is 33.6. The van der Waals surface area contributed by atoms with Gasteiger partial charge in [0, 0.05) is 16.1 Å². The van der Waals surface area contributed by atoms with Gasteiger partial charge in [-0.25, -0.2) is 4.90 Å². The van der Waals surface area contributed by atoms with Crippen molar-refractivity contribution in [2.75, 3.05) is 4.90 Å². The number of hydrogen-bond donors (Lipinski definition) is 0. The average Bonchev–Trinajstić information content (AvgIpc) is 3.52. The SMILES string of the molecule is O=C(c1ccccc1)c1cc(Cl)ccc1N1C(=O)[C@@H]2[C@H]3C=C[C@H]([C@H]4C[C@H]34)[C@@H]2C1=O. The molecule has 0 radical (unpaired) electrons. The molecule has 2 aromatic rings. The highest BCUT2D eigenvalue weighted by Gasteiger charge is 2.67. The van der Waals surface area contributed by atoms with Gasteiger partial charge in [-0.2, -0.15) is 0 Å². The molecule has 144 valence electrons. The first kappa shape index (κ1) is 17.2. The van der Waals surface area contributed by atoms with Gasteiger partial charge in [0.1, 0.15) is 0 Å². The number of hydrogen-bond acceptors (Lipinski definition) is 3. The topological polar surface area (TPSA) is 54.5 Å². The molecule has 0 aromatic heterocycles. The zero-order valence-corrected chi connectivity index (χ0v) is 16.3. The molecule has 4 aliphatic carbocycles. The smallest absolute Gasteiger partial charge is 0.238 e. The summed E-state index contributed by atoms with van der Waals surface area (Å²) in [6.45, 7) is 0. The van der Waals surface area contributed by atoms with Gasteiger partial charge in [0.25, 0.3) is 0 Å². The van der Waals surface area contributed by atoms with Crippen LogP contribution in [-0.4, -0.2) is 17.6 Å². The molecular formula is C24H18ClNO3. The summed E-state index contributed by atoms with van der Waals surface area (Å²) in [7, 11) is 0. The predicted molar refractivity (Wildman–Crippen MR) is 109 cm³/mol. The van der Waals surface area contributed by atoms with Gasteiger partial charge in [-0.15, -0.1) is 0 Å². The van der Waals surface area contributed by atoms with Gasteiger partial charge >= 0.3 is 0 Å². The third-order valence-corrected chi connectivity index (χ3v) is 7.38. The Balaban J connectivity index is 1.45. The first-order valence-electron chi connectivity index (χ1n) is 10.0. The lowest BCUT2D eigenvalue weighted by molar-refractivity contribution is -0.124. The van der Waals surface area contributed by atoms with Crippen LogP contribution >= 0.6 is 11.6 Å². The molecule has 0 N–H and O–H groups in total. The first-order valence-corrected chi connectivity index (χ1v) is 10.4. The molecule has 1 saturated heterocycles. The van der Waals surface area contributed by atoms with E-state index in [1.165, 1.54) is 4.90 Å². The molecule has 5 aliphatic rings. The summed E-state index contributed by atoms with van der Waals surface area (Å²) >= 11 is 6.18. The van der Waals surface area contributed by atoms with E-state index in [2.05, 4.69) is 12.2 Å². The van der Waals surface area contributed by atoms with Crippen LogP contribution < -0.4 is 4.90 Å². The number of nitrogens with zero attached hydrogens (tertiary/aromatic N) is 1. The quantitative estimate of drug-likeness (QED) is 0.440. The molecule has 0 spiro atoms. The van der Waals surface area contributed by atoms with E-state index >= 15 is 0 Å². The molecule has 4 nitrogen and oxygen atoms in total. The van der Waals surface area contributed by atoms with Crippen molar-refractivity contribution < 1.29 is 14.4 Å². The minimum absolute atomic E-state index is 0.150. The second kappa shape index (κ2) is 5.90. The molecule has 2 bridgehead atoms. The summed E-state index contributed by atoms with van der Waals surface area (Å²) in [5, 5.41) is 0.396. The molecule has 2 aromatic carbocycles. The number of benzene rings is 2. The lowest BCUT2D eigenvalue weighted by atomic mass is 9.63. The maximum Gasteiger partial charge on any atom is 0.238 e. The van der Waals surface area contributed by atoms with Gasteiger partial charge < -0.3 is 0 Å². The molecule has 5 heteroatoms. The summed E-state index contributed by atoms with van der Waals surface area (Å²) in [5.41, 5.74) is 1.13. The van der Waals surface area contributed by atoms with Gasteiger partial charge in [0.15, 0.2) is 5.78 Å². The Labute approximate surface area is 173 Å². The number of carbonyl (C=O) groups is 3. The maximum atomic E-state index is 13.4. The third kappa shape index (κ3) is 2.29. The fourth-order valence-corrected chi connectivity index (χ4v) is 6.00. The van der Waals surface area contributed by atoms with Crippen LogP contribution in [-0.2, 0) is 9.59 Å². The Bertz CT molecular complexity index is 1070. The van der Waals surface area contributed by atoms with Gasteiger partial charge in [0.05, 0.1) is 17.5 Å². The van der Waals surface area contributed by atoms with Crippen LogP contribution in [0.25, 0.3) is 0 Å². The number of anilines is 1. The van der Waals surface area contributed by atoms with Crippen LogP contribution in [0.4, 0.5) is 5.69 Å². The van der Waals surface area contributed by atoms with E-state index in [0.29, 0.717) is 28.1 Å². The zero-order valence-electron chi connectivity index (χ0n) is 15.5. The van der Waals surface area contributed by atoms with Crippen LogP contribution in [0.15, 0.2) is 60.7 Å². The minimum Gasteiger partial charge on any atom is -0.289 e. The largest absolute Gasteiger partial charge is 0.289 e. The van der Waals surface area contributed by atoms with Crippen LogP contribution in [0.3, 0.4) is 0 Å². The van der Waals surface area contributed by atoms with Crippen LogP contribution in [0.1, 0.15) is 22.3 Å². The number of allylic oxidation sites excluding steroid dienone is 2. The molecule has 3 fully saturated rings. The summed E-state index contributed by atoms with van der Waals surface area (Å²) in [6.07, 6.45) is 5.41. The van der Waals surface area contributed by atoms with Gasteiger partial charge in [-0.1, -0.05) is 54.1 Å². The molecule has 0 unspecified atom stereocenters. The highest BCUT2D eigenvalue weighted by Crippen LogP contribution is 2.65. The van der Waals surface area contributed by atoms with Gasteiger partial charge in [-0.3, -0.25) is 14.4 Å². The van der Waals surface area contributed by atoms with Crippen LogP contribution in [0, 0.1) is 35.5 Å². The van der Waals surface area contributed by atoms with Crippen molar-refractivity contribution in [3.8, 4) is 0 Å². The van der Waals surface area contributed by atoms with Crippen molar-refractivity contribution in [3.63, 3.8) is 0 Å². The van der Waals surface area contributed by atoms with Crippen molar-refractivity contribution in [3.05, 3.63) is 76.8 Å². The summed E-state index contributed by atoms with van der Waals surface area (Å²) < 4.78 is 0. The van der Waals surface area contributed by atoms with E-state index in [0.717, 1.165) is 6.42 Å². The molecule has 1 heterocycles. The van der Waals surface area contributed by atoms with Crippen molar-refractivity contribution >= 4 is 34.9 Å². The Hall–Kier alpha value is -2.72. The van der Waals surface area contributed by atoms with Gasteiger partial charge in [-0.05, 0) is 48.3 Å². The third-order valence-electron chi connectivity index (χ3n) is 7.14. The minimum atomic E-state index is -0.295. The molecule has 6 atom stereocenters. The van der Waals surface area contributed by atoms with E-state index in [1.54, 1.807) is 42.5 Å². The van der Waals surface area contributed by atoms with Crippen LogP contribution in [0.5, 0.6) is 0 Å². The van der Waals surface area contributed by atoms with Crippen LogP contribution in [0.2, 0.25) is 5.02 Å². The lowest BCUT2D eigenvalue weighted by Gasteiger charge is -2.37. The monoisotopic (exact) mass is 403 g/mol.